The minimum Gasteiger partial charge on any atom is -0.383 e. The standard InChI is InChI=1S/C23H24N4O5S3/c1-13-5-3-8-16(27-20(29)12-32-11-19(24)28)21(13)14-6-4-7-15(9-14)35(30,31)18-10-17(22(25)26)34-23(18)33-2/h3-10H,11-12H2,1-2H3,(H2,24,28)(H3,25,26)(H,27,29). The van der Waals surface area contributed by atoms with E-state index in [2.05, 4.69) is 5.32 Å². The minimum atomic E-state index is -3.91. The van der Waals surface area contributed by atoms with Crippen molar-refractivity contribution < 1.29 is 22.7 Å². The van der Waals surface area contributed by atoms with Gasteiger partial charge in [0.25, 0.3) is 0 Å². The number of nitrogens with two attached hydrogens (primary N) is 2. The first kappa shape index (κ1) is 26.4. The van der Waals surface area contributed by atoms with Gasteiger partial charge in [0.05, 0.1) is 18.9 Å². The smallest absolute Gasteiger partial charge is 0.250 e. The van der Waals surface area contributed by atoms with Crippen LogP contribution in [0.1, 0.15) is 10.4 Å². The summed E-state index contributed by atoms with van der Waals surface area (Å²) >= 11 is 2.43. The molecule has 0 unspecified atom stereocenters. The van der Waals surface area contributed by atoms with E-state index in [1.807, 2.05) is 13.0 Å². The van der Waals surface area contributed by atoms with E-state index in [1.54, 1.807) is 36.6 Å². The third kappa shape index (κ3) is 6.09. The normalized spacial score (nSPS) is 11.3. The molecule has 6 N–H and O–H groups in total. The van der Waals surface area contributed by atoms with Crippen molar-refractivity contribution in [2.24, 2.45) is 11.5 Å². The molecular formula is C23H24N4O5S3. The largest absolute Gasteiger partial charge is 0.383 e. The number of hydrogen-bond acceptors (Lipinski definition) is 8. The first-order chi connectivity index (χ1) is 16.5. The summed E-state index contributed by atoms with van der Waals surface area (Å²) in [4.78, 5) is 23.7. The molecule has 2 aromatic carbocycles. The average Bonchev–Trinajstić information content (AvgIpc) is 3.25. The highest BCUT2D eigenvalue weighted by Gasteiger charge is 2.25. The first-order valence-corrected chi connectivity index (χ1v) is 13.7. The molecule has 0 saturated heterocycles. The number of hydrogen-bond donors (Lipinski definition) is 4. The Bertz CT molecular complexity index is 1400. The average molecular weight is 533 g/mol. The second-order valence-corrected chi connectivity index (χ2v) is 11.5. The number of ether oxygens (including phenoxy) is 1. The Morgan fingerprint density at radius 3 is 2.49 bits per heavy atom. The van der Waals surface area contributed by atoms with Gasteiger partial charge in [0.2, 0.25) is 21.7 Å². The van der Waals surface area contributed by atoms with Crippen LogP contribution in [0.25, 0.3) is 11.1 Å². The van der Waals surface area contributed by atoms with E-state index in [-0.39, 0.29) is 28.8 Å². The van der Waals surface area contributed by atoms with Crippen LogP contribution in [0.2, 0.25) is 0 Å². The second-order valence-electron chi connectivity index (χ2n) is 7.42. The monoisotopic (exact) mass is 532 g/mol. The summed E-state index contributed by atoms with van der Waals surface area (Å²) in [5.41, 5.74) is 13.1. The number of benzene rings is 2. The van der Waals surface area contributed by atoms with Gasteiger partial charge in [-0.25, -0.2) is 8.42 Å². The Morgan fingerprint density at radius 2 is 1.83 bits per heavy atom. The highest BCUT2D eigenvalue weighted by molar-refractivity contribution is 8.01. The number of aryl methyl sites for hydroxylation is 1. The lowest BCUT2D eigenvalue weighted by molar-refractivity contribution is -0.126. The van der Waals surface area contributed by atoms with Crippen molar-refractivity contribution in [2.45, 2.75) is 20.9 Å². The van der Waals surface area contributed by atoms with Gasteiger partial charge in [-0.1, -0.05) is 24.3 Å². The number of nitrogens with one attached hydrogen (secondary N) is 2. The lowest BCUT2D eigenvalue weighted by atomic mass is 9.98. The van der Waals surface area contributed by atoms with Crippen LogP contribution < -0.4 is 16.8 Å². The zero-order valence-corrected chi connectivity index (χ0v) is 21.4. The van der Waals surface area contributed by atoms with Gasteiger partial charge in [-0.2, -0.15) is 0 Å². The number of rotatable bonds is 10. The molecular weight excluding hydrogens is 508 g/mol. The summed E-state index contributed by atoms with van der Waals surface area (Å²) in [6.45, 7) is 1.11. The Morgan fingerprint density at radius 1 is 1.11 bits per heavy atom. The Hall–Kier alpha value is -3.19. The minimum absolute atomic E-state index is 0.0727. The molecule has 0 radical (unpaired) electrons. The molecule has 0 aliphatic rings. The fourth-order valence-corrected chi connectivity index (χ4v) is 7.25. The molecule has 35 heavy (non-hydrogen) atoms. The maximum absolute atomic E-state index is 13.5. The summed E-state index contributed by atoms with van der Waals surface area (Å²) in [7, 11) is -3.91. The third-order valence-corrected chi connectivity index (χ3v) is 9.20. The van der Waals surface area contributed by atoms with Crippen LogP contribution in [0.5, 0.6) is 0 Å². The van der Waals surface area contributed by atoms with Crippen molar-refractivity contribution in [3.8, 4) is 11.1 Å². The quantitative estimate of drug-likeness (QED) is 0.177. The molecule has 2 amide bonds. The molecule has 0 aliphatic carbocycles. The highest BCUT2D eigenvalue weighted by Crippen LogP contribution is 2.38. The van der Waals surface area contributed by atoms with E-state index in [0.717, 1.165) is 16.9 Å². The summed E-state index contributed by atoms with van der Waals surface area (Å²) in [6.07, 6.45) is 1.76. The highest BCUT2D eigenvalue weighted by atomic mass is 32.2. The zero-order valence-electron chi connectivity index (χ0n) is 19.0. The molecule has 0 aliphatic heterocycles. The number of sulfone groups is 1. The summed E-state index contributed by atoms with van der Waals surface area (Å²) in [6, 6.07) is 13.2. The van der Waals surface area contributed by atoms with Crippen LogP contribution in [0.3, 0.4) is 0 Å². The van der Waals surface area contributed by atoms with Gasteiger partial charge < -0.3 is 21.5 Å². The topological polar surface area (TPSA) is 165 Å². The van der Waals surface area contributed by atoms with Gasteiger partial charge in [0.15, 0.2) is 0 Å². The number of carbonyl (C=O) groups excluding carboxylic acids is 2. The maximum Gasteiger partial charge on any atom is 0.250 e. The molecule has 9 nitrogen and oxygen atoms in total. The van der Waals surface area contributed by atoms with Crippen LogP contribution in [-0.4, -0.2) is 45.5 Å². The van der Waals surface area contributed by atoms with E-state index < -0.39 is 21.7 Å². The molecule has 3 aromatic rings. The first-order valence-electron chi connectivity index (χ1n) is 10.2. The number of thiophene rings is 1. The number of carbonyl (C=O) groups is 2. The number of primary amides is 1. The van der Waals surface area contributed by atoms with Gasteiger partial charge in [0, 0.05) is 11.3 Å². The lowest BCUT2D eigenvalue weighted by Crippen LogP contribution is -2.24. The Balaban J connectivity index is 2.00. The molecule has 0 spiro atoms. The van der Waals surface area contributed by atoms with Crippen molar-refractivity contribution in [1.82, 2.24) is 0 Å². The SMILES string of the molecule is CSc1sc(C(=N)N)cc1S(=O)(=O)c1cccc(-c2c(C)cccc2NC(=O)COCC(N)=O)c1. The maximum atomic E-state index is 13.5. The van der Waals surface area contributed by atoms with Gasteiger partial charge >= 0.3 is 0 Å². The van der Waals surface area contributed by atoms with Gasteiger partial charge in [-0.3, -0.25) is 15.0 Å². The van der Waals surface area contributed by atoms with E-state index in [9.17, 15) is 18.0 Å². The molecule has 184 valence electrons. The number of anilines is 1. The van der Waals surface area contributed by atoms with Crippen LogP contribution in [0.4, 0.5) is 5.69 Å². The van der Waals surface area contributed by atoms with E-state index in [4.69, 9.17) is 21.6 Å². The van der Waals surface area contributed by atoms with Crippen LogP contribution in [-0.2, 0) is 24.2 Å². The molecule has 1 aromatic heterocycles. The van der Waals surface area contributed by atoms with Crippen LogP contribution in [0, 0.1) is 12.3 Å². The van der Waals surface area contributed by atoms with Crippen LogP contribution >= 0.6 is 23.1 Å². The van der Waals surface area contributed by atoms with Crippen molar-refractivity contribution in [2.75, 3.05) is 24.8 Å². The van der Waals surface area contributed by atoms with Crippen molar-refractivity contribution in [1.29, 1.82) is 5.41 Å². The fraction of sp³-hybridized carbons (Fsp3) is 0.174. The Labute approximate surface area is 211 Å². The molecule has 0 bridgehead atoms. The van der Waals surface area contributed by atoms with Crippen molar-refractivity contribution >= 4 is 56.3 Å². The molecule has 1 heterocycles. The fourth-order valence-electron chi connectivity index (χ4n) is 3.35. The second kappa shape index (κ2) is 11.0. The number of amides is 2. The zero-order chi connectivity index (χ0) is 25.8. The van der Waals surface area contributed by atoms with Gasteiger partial charge in [-0.15, -0.1) is 23.1 Å². The molecule has 0 atom stereocenters. The van der Waals surface area contributed by atoms with Crippen molar-refractivity contribution in [3.63, 3.8) is 0 Å². The van der Waals surface area contributed by atoms with E-state index >= 15 is 0 Å². The van der Waals surface area contributed by atoms with Gasteiger partial charge in [0.1, 0.15) is 19.0 Å². The third-order valence-electron chi connectivity index (χ3n) is 4.86. The Kier molecular flexibility index (Phi) is 8.33. The van der Waals surface area contributed by atoms with E-state index in [0.29, 0.717) is 25.9 Å². The lowest BCUT2D eigenvalue weighted by Gasteiger charge is -2.15. The number of amidine groups is 1. The predicted molar refractivity (Wildman–Crippen MR) is 138 cm³/mol. The number of nitrogen functional groups attached to an aromatic ring is 1. The molecule has 12 heteroatoms. The van der Waals surface area contributed by atoms with Crippen molar-refractivity contribution in [3.05, 3.63) is 59.0 Å². The predicted octanol–water partition coefficient (Wildman–Crippen LogP) is 3.00. The summed E-state index contributed by atoms with van der Waals surface area (Å²) in [5.74, 6) is -1.36. The number of thioether (sulfide) groups is 1. The summed E-state index contributed by atoms with van der Waals surface area (Å²) in [5, 5.41) is 10.4. The van der Waals surface area contributed by atoms with E-state index in [1.165, 1.54) is 23.9 Å². The van der Waals surface area contributed by atoms with Crippen LogP contribution in [0.15, 0.2) is 62.5 Å². The molecule has 3 rings (SSSR count). The summed E-state index contributed by atoms with van der Waals surface area (Å²) < 4.78 is 32.5. The van der Waals surface area contributed by atoms with Gasteiger partial charge in [-0.05, 0) is 48.6 Å². The molecule has 0 saturated carbocycles. The molecule has 0 fully saturated rings.